The number of carbonyl (C=O) groups excluding carboxylic acids is 2. The molecule has 1 aliphatic heterocycles. The van der Waals surface area contributed by atoms with Crippen LogP contribution in [-0.4, -0.2) is 41.3 Å². The van der Waals surface area contributed by atoms with Gasteiger partial charge in [-0.25, -0.2) is 0 Å². The Hall–Kier alpha value is -1.59. The first kappa shape index (κ1) is 13.5. The average molecular weight is 240 g/mol. The summed E-state index contributed by atoms with van der Waals surface area (Å²) in [7, 11) is 0. The van der Waals surface area contributed by atoms with Gasteiger partial charge < -0.3 is 10.6 Å². The number of aliphatic imine (C=N–C) groups is 1. The maximum absolute atomic E-state index is 11.7. The molecule has 6 heteroatoms. The minimum Gasteiger partial charge on any atom is -0.370 e. The lowest BCUT2D eigenvalue weighted by molar-refractivity contribution is -0.141. The average Bonchev–Trinajstić information content (AvgIpc) is 2.20. The predicted molar refractivity (Wildman–Crippen MR) is 65.3 cm³/mol. The summed E-state index contributed by atoms with van der Waals surface area (Å²) in [5, 5.41) is 2.29. The number of nitrogens with two attached hydrogens (primary N) is 1. The Kier molecular flexibility index (Phi) is 3.75. The van der Waals surface area contributed by atoms with Crippen molar-refractivity contribution in [2.75, 3.05) is 13.1 Å². The van der Waals surface area contributed by atoms with Crippen LogP contribution in [0.1, 0.15) is 27.7 Å². The van der Waals surface area contributed by atoms with Gasteiger partial charge in [-0.1, -0.05) is 13.8 Å². The second kappa shape index (κ2) is 4.73. The number of nitrogens with zero attached hydrogens (tertiary/aromatic N) is 2. The fourth-order valence-electron chi connectivity index (χ4n) is 1.51. The van der Waals surface area contributed by atoms with Crippen molar-refractivity contribution in [3.63, 3.8) is 0 Å². The van der Waals surface area contributed by atoms with Crippen molar-refractivity contribution in [2.45, 2.75) is 33.2 Å². The highest BCUT2D eigenvalue weighted by Gasteiger charge is 2.41. The summed E-state index contributed by atoms with van der Waals surface area (Å²) in [6.45, 7) is 8.12. The van der Waals surface area contributed by atoms with Gasteiger partial charge in [0.1, 0.15) is 12.1 Å². The van der Waals surface area contributed by atoms with E-state index in [0.717, 1.165) is 0 Å². The lowest BCUT2D eigenvalue weighted by Gasteiger charge is -2.40. The van der Waals surface area contributed by atoms with Crippen LogP contribution in [0.4, 0.5) is 0 Å². The Balaban J connectivity index is 2.89. The molecule has 6 nitrogen and oxygen atoms in total. The molecule has 1 fully saturated rings. The van der Waals surface area contributed by atoms with E-state index in [-0.39, 0.29) is 24.3 Å². The van der Waals surface area contributed by atoms with Gasteiger partial charge in [-0.2, -0.15) is 0 Å². The highest BCUT2D eigenvalue weighted by molar-refractivity contribution is 6.06. The van der Waals surface area contributed by atoms with Gasteiger partial charge in [-0.15, -0.1) is 0 Å². The molecule has 0 bridgehead atoms. The molecule has 0 saturated carbocycles. The molecule has 0 aromatic rings. The van der Waals surface area contributed by atoms with E-state index in [1.54, 1.807) is 13.8 Å². The maximum Gasteiger partial charge on any atom is 0.252 e. The Morgan fingerprint density at radius 1 is 1.53 bits per heavy atom. The molecule has 96 valence electrons. The van der Waals surface area contributed by atoms with Gasteiger partial charge in [0, 0.05) is 6.54 Å². The SMILES string of the molecule is CC(C)CN=C(N)N1CC(=O)NC(=O)C1(C)C. The van der Waals surface area contributed by atoms with E-state index in [0.29, 0.717) is 12.5 Å². The molecule has 0 unspecified atom stereocenters. The van der Waals surface area contributed by atoms with Crippen LogP contribution < -0.4 is 11.1 Å². The Bertz CT molecular complexity index is 360. The van der Waals surface area contributed by atoms with E-state index in [1.807, 2.05) is 13.8 Å². The van der Waals surface area contributed by atoms with Crippen molar-refractivity contribution in [2.24, 2.45) is 16.6 Å². The fraction of sp³-hybridized carbons (Fsp3) is 0.727. The third-order valence-electron chi connectivity index (χ3n) is 2.68. The van der Waals surface area contributed by atoms with E-state index >= 15 is 0 Å². The van der Waals surface area contributed by atoms with Crippen molar-refractivity contribution in [3.05, 3.63) is 0 Å². The molecule has 1 rings (SSSR count). The normalized spacial score (nSPS) is 20.8. The van der Waals surface area contributed by atoms with Gasteiger partial charge in [0.2, 0.25) is 5.91 Å². The third kappa shape index (κ3) is 2.95. The van der Waals surface area contributed by atoms with E-state index in [9.17, 15) is 9.59 Å². The Morgan fingerprint density at radius 2 is 2.12 bits per heavy atom. The van der Waals surface area contributed by atoms with Gasteiger partial charge in [0.15, 0.2) is 5.96 Å². The van der Waals surface area contributed by atoms with Crippen molar-refractivity contribution >= 4 is 17.8 Å². The van der Waals surface area contributed by atoms with Crippen LogP contribution in [-0.2, 0) is 9.59 Å². The number of rotatable bonds is 2. The van der Waals surface area contributed by atoms with Crippen LogP contribution in [0.15, 0.2) is 4.99 Å². The zero-order chi connectivity index (χ0) is 13.2. The standard InChI is InChI=1S/C11H20N4O2/c1-7(2)5-13-10(12)15-6-8(16)14-9(17)11(15,3)4/h7H,5-6H2,1-4H3,(H2,12,13)(H,14,16,17). The fourth-order valence-corrected chi connectivity index (χ4v) is 1.51. The summed E-state index contributed by atoms with van der Waals surface area (Å²) in [5.74, 6) is -0.0775. The quantitative estimate of drug-likeness (QED) is 0.394. The number of nitrogens with one attached hydrogen (secondary N) is 1. The molecule has 1 saturated heterocycles. The summed E-state index contributed by atoms with van der Waals surface area (Å²) in [5.41, 5.74) is 4.99. The summed E-state index contributed by atoms with van der Waals surface area (Å²) in [6.07, 6.45) is 0. The molecule has 0 spiro atoms. The number of amides is 2. The molecule has 0 aromatic heterocycles. The molecule has 2 amide bonds. The summed E-state index contributed by atoms with van der Waals surface area (Å²) >= 11 is 0. The highest BCUT2D eigenvalue weighted by Crippen LogP contribution is 2.17. The minimum absolute atomic E-state index is 0.0617. The molecular weight excluding hydrogens is 220 g/mol. The molecule has 17 heavy (non-hydrogen) atoms. The van der Waals surface area contributed by atoms with Crippen molar-refractivity contribution in [1.29, 1.82) is 0 Å². The third-order valence-corrected chi connectivity index (χ3v) is 2.68. The predicted octanol–water partition coefficient (Wildman–Crippen LogP) is -0.306. The number of hydrogen-bond acceptors (Lipinski definition) is 3. The van der Waals surface area contributed by atoms with E-state index in [1.165, 1.54) is 4.90 Å². The summed E-state index contributed by atoms with van der Waals surface area (Å²) < 4.78 is 0. The zero-order valence-electron chi connectivity index (χ0n) is 10.8. The van der Waals surface area contributed by atoms with Crippen molar-refractivity contribution < 1.29 is 9.59 Å². The molecule has 0 atom stereocenters. The van der Waals surface area contributed by atoms with Gasteiger partial charge >= 0.3 is 0 Å². The van der Waals surface area contributed by atoms with Crippen LogP contribution in [0.3, 0.4) is 0 Å². The molecule has 3 N–H and O–H groups in total. The topological polar surface area (TPSA) is 87.8 Å². The Morgan fingerprint density at radius 3 is 2.65 bits per heavy atom. The first-order valence-electron chi connectivity index (χ1n) is 5.67. The van der Waals surface area contributed by atoms with Crippen LogP contribution in [0, 0.1) is 5.92 Å². The maximum atomic E-state index is 11.7. The van der Waals surface area contributed by atoms with E-state index in [2.05, 4.69) is 10.3 Å². The number of hydrogen-bond donors (Lipinski definition) is 2. The van der Waals surface area contributed by atoms with Gasteiger partial charge in [0.25, 0.3) is 5.91 Å². The number of piperazine rings is 1. The van der Waals surface area contributed by atoms with Crippen LogP contribution in [0.25, 0.3) is 0 Å². The second-order valence-corrected chi connectivity index (χ2v) is 5.12. The zero-order valence-corrected chi connectivity index (χ0v) is 10.8. The first-order chi connectivity index (χ1) is 7.75. The van der Waals surface area contributed by atoms with Crippen LogP contribution in [0.2, 0.25) is 0 Å². The molecule has 0 aliphatic carbocycles. The van der Waals surface area contributed by atoms with Crippen LogP contribution >= 0.6 is 0 Å². The van der Waals surface area contributed by atoms with E-state index < -0.39 is 5.54 Å². The number of carbonyl (C=O) groups is 2. The Labute approximate surface area is 101 Å². The van der Waals surface area contributed by atoms with Gasteiger partial charge in [-0.05, 0) is 19.8 Å². The molecule has 1 aliphatic rings. The first-order valence-corrected chi connectivity index (χ1v) is 5.67. The highest BCUT2D eigenvalue weighted by atomic mass is 16.2. The number of guanidine groups is 1. The molecular formula is C11H20N4O2. The largest absolute Gasteiger partial charge is 0.370 e. The number of imide groups is 1. The lowest BCUT2D eigenvalue weighted by atomic mass is 9.99. The summed E-state index contributed by atoms with van der Waals surface area (Å²) in [4.78, 5) is 28.8. The molecule has 0 radical (unpaired) electrons. The monoisotopic (exact) mass is 240 g/mol. The van der Waals surface area contributed by atoms with Gasteiger partial charge in [-0.3, -0.25) is 19.9 Å². The van der Waals surface area contributed by atoms with Crippen molar-refractivity contribution in [1.82, 2.24) is 10.2 Å². The second-order valence-electron chi connectivity index (χ2n) is 5.12. The lowest BCUT2D eigenvalue weighted by Crippen LogP contribution is -2.66. The van der Waals surface area contributed by atoms with Gasteiger partial charge in [0.05, 0.1) is 0 Å². The smallest absolute Gasteiger partial charge is 0.252 e. The minimum atomic E-state index is -0.849. The summed E-state index contributed by atoms with van der Waals surface area (Å²) in [6, 6.07) is 0. The molecule has 1 heterocycles. The van der Waals surface area contributed by atoms with Crippen LogP contribution in [0.5, 0.6) is 0 Å². The molecule has 0 aromatic carbocycles. The van der Waals surface area contributed by atoms with Crippen molar-refractivity contribution in [3.8, 4) is 0 Å². The van der Waals surface area contributed by atoms with E-state index in [4.69, 9.17) is 5.73 Å².